The van der Waals surface area contributed by atoms with Gasteiger partial charge in [-0.15, -0.1) is 0 Å². The Morgan fingerprint density at radius 1 is 1.25 bits per heavy atom. The third-order valence-corrected chi connectivity index (χ3v) is 4.68. The summed E-state index contributed by atoms with van der Waals surface area (Å²) in [6.07, 6.45) is 5.08. The van der Waals surface area contributed by atoms with Gasteiger partial charge in [-0.1, -0.05) is 44.4 Å². The minimum absolute atomic E-state index is 0.499. The highest BCUT2D eigenvalue weighted by Gasteiger charge is 2.20. The Morgan fingerprint density at radius 3 is 2.46 bits per heavy atom. The minimum atomic E-state index is 0.499. The smallest absolute Gasteiger partial charge is 0.191 e. The Bertz CT molecular complexity index is 483. The largest absolute Gasteiger partial charge is 0.356 e. The first-order valence-electron chi connectivity index (χ1n) is 8.73. The lowest BCUT2D eigenvalue weighted by Gasteiger charge is -2.32. The van der Waals surface area contributed by atoms with Crippen molar-refractivity contribution in [2.45, 2.75) is 39.2 Å². The number of guanidine groups is 1. The molecule has 2 N–H and O–H groups in total. The van der Waals surface area contributed by atoms with Gasteiger partial charge in [0.25, 0.3) is 0 Å². The van der Waals surface area contributed by atoms with Gasteiger partial charge in [0.2, 0.25) is 0 Å². The Labute approximate surface area is 151 Å². The van der Waals surface area contributed by atoms with Gasteiger partial charge < -0.3 is 15.5 Å². The van der Waals surface area contributed by atoms with Gasteiger partial charge in [-0.25, -0.2) is 4.98 Å². The molecule has 0 fully saturated rings. The Balaban J connectivity index is 2.44. The van der Waals surface area contributed by atoms with Crippen molar-refractivity contribution in [3.8, 4) is 0 Å². The second kappa shape index (κ2) is 11.3. The van der Waals surface area contributed by atoms with E-state index >= 15 is 0 Å². The van der Waals surface area contributed by atoms with Crippen LogP contribution in [0.5, 0.6) is 0 Å². The zero-order valence-electron chi connectivity index (χ0n) is 15.6. The van der Waals surface area contributed by atoms with E-state index in [1.165, 1.54) is 12.8 Å². The number of hydrogen-bond acceptors (Lipinski definition) is 3. The normalized spacial score (nSPS) is 13.4. The van der Waals surface area contributed by atoms with Crippen LogP contribution in [-0.4, -0.2) is 56.1 Å². The predicted molar refractivity (Wildman–Crippen MR) is 104 cm³/mol. The zero-order chi connectivity index (χ0) is 17.9. The average molecular weight is 354 g/mol. The van der Waals surface area contributed by atoms with Crippen LogP contribution in [0.15, 0.2) is 23.3 Å². The van der Waals surface area contributed by atoms with E-state index in [0.29, 0.717) is 17.1 Å². The van der Waals surface area contributed by atoms with Crippen LogP contribution >= 0.6 is 11.6 Å². The summed E-state index contributed by atoms with van der Waals surface area (Å²) >= 11 is 5.80. The molecule has 1 aromatic rings. The van der Waals surface area contributed by atoms with E-state index in [0.717, 1.165) is 31.0 Å². The third-order valence-electron chi connectivity index (χ3n) is 4.45. The van der Waals surface area contributed by atoms with Crippen LogP contribution in [0.3, 0.4) is 0 Å². The van der Waals surface area contributed by atoms with Gasteiger partial charge in [0.1, 0.15) is 5.15 Å². The molecule has 0 bridgehead atoms. The molecule has 6 heteroatoms. The lowest BCUT2D eigenvalue weighted by Crippen LogP contribution is -2.48. The summed E-state index contributed by atoms with van der Waals surface area (Å²) in [5.74, 6) is 1.53. The van der Waals surface area contributed by atoms with Gasteiger partial charge in [-0.2, -0.15) is 0 Å². The zero-order valence-corrected chi connectivity index (χ0v) is 16.4. The van der Waals surface area contributed by atoms with Crippen LogP contribution in [0.1, 0.15) is 32.3 Å². The van der Waals surface area contributed by atoms with Crippen molar-refractivity contribution in [3.05, 3.63) is 29.0 Å². The summed E-state index contributed by atoms with van der Waals surface area (Å²) in [7, 11) is 6.10. The lowest BCUT2D eigenvalue weighted by molar-refractivity contribution is 0.200. The van der Waals surface area contributed by atoms with Crippen molar-refractivity contribution in [1.82, 2.24) is 20.5 Å². The van der Waals surface area contributed by atoms with Crippen molar-refractivity contribution in [3.63, 3.8) is 0 Å². The third kappa shape index (κ3) is 7.05. The van der Waals surface area contributed by atoms with Gasteiger partial charge in [-0.05, 0) is 38.1 Å². The van der Waals surface area contributed by atoms with Crippen molar-refractivity contribution in [2.75, 3.05) is 34.2 Å². The van der Waals surface area contributed by atoms with Gasteiger partial charge >= 0.3 is 0 Å². The maximum absolute atomic E-state index is 5.80. The molecule has 0 aliphatic carbocycles. The van der Waals surface area contributed by atoms with E-state index in [1.54, 1.807) is 7.05 Å². The molecule has 0 saturated carbocycles. The molecule has 136 valence electrons. The molecule has 0 aliphatic rings. The quantitative estimate of drug-likeness (QED) is 0.407. The molecule has 0 spiro atoms. The highest BCUT2D eigenvalue weighted by atomic mass is 35.5. The summed E-state index contributed by atoms with van der Waals surface area (Å²) in [4.78, 5) is 10.7. The van der Waals surface area contributed by atoms with Gasteiger partial charge in [0, 0.05) is 32.4 Å². The van der Waals surface area contributed by atoms with Gasteiger partial charge in [-0.3, -0.25) is 4.99 Å². The molecule has 0 saturated heterocycles. The molecule has 0 amide bonds. The summed E-state index contributed by atoms with van der Waals surface area (Å²) in [6, 6.07) is 4.32. The van der Waals surface area contributed by atoms with E-state index < -0.39 is 0 Å². The van der Waals surface area contributed by atoms with Crippen molar-refractivity contribution in [2.24, 2.45) is 10.9 Å². The summed E-state index contributed by atoms with van der Waals surface area (Å²) in [5, 5.41) is 7.35. The fourth-order valence-electron chi connectivity index (χ4n) is 2.91. The number of nitrogens with one attached hydrogen (secondary N) is 2. The molecule has 1 unspecified atom stereocenters. The number of nitrogens with zero attached hydrogens (tertiary/aromatic N) is 3. The number of aliphatic imine (C=N–C) groups is 1. The lowest BCUT2D eigenvalue weighted by atomic mass is 9.93. The second-order valence-electron chi connectivity index (χ2n) is 6.23. The van der Waals surface area contributed by atoms with E-state index in [-0.39, 0.29) is 0 Å². The molecule has 0 aromatic carbocycles. The number of hydrogen-bond donors (Lipinski definition) is 2. The monoisotopic (exact) mass is 353 g/mol. The highest BCUT2D eigenvalue weighted by Crippen LogP contribution is 2.16. The molecule has 1 rings (SSSR count). The van der Waals surface area contributed by atoms with E-state index in [4.69, 9.17) is 11.6 Å². The van der Waals surface area contributed by atoms with Crippen LogP contribution in [-0.2, 0) is 6.42 Å². The number of rotatable bonds is 9. The highest BCUT2D eigenvalue weighted by molar-refractivity contribution is 6.29. The van der Waals surface area contributed by atoms with Crippen LogP contribution < -0.4 is 10.6 Å². The van der Waals surface area contributed by atoms with E-state index in [9.17, 15) is 0 Å². The van der Waals surface area contributed by atoms with Crippen molar-refractivity contribution < 1.29 is 0 Å². The van der Waals surface area contributed by atoms with Crippen molar-refractivity contribution in [1.29, 1.82) is 0 Å². The molecular formula is C18H32ClN5. The predicted octanol–water partition coefficient (Wildman–Crippen LogP) is 2.81. The average Bonchev–Trinajstić information content (AvgIpc) is 2.58. The maximum Gasteiger partial charge on any atom is 0.191 e. The van der Waals surface area contributed by atoms with E-state index in [2.05, 4.69) is 53.5 Å². The minimum Gasteiger partial charge on any atom is -0.356 e. The standard InChI is InChI=1S/C18H32ClN5/c1-6-15(7-2)16(24(4)5)13-23-18(20-3)21-11-10-14-8-9-17(19)22-12-14/h8-9,12,15-16H,6-7,10-11,13H2,1-5H3,(H2,20,21,23). The molecule has 1 aromatic heterocycles. The Kier molecular flexibility index (Phi) is 9.72. The SMILES string of the molecule is CCC(CC)C(CNC(=NC)NCCc1ccc(Cl)nc1)N(C)C. The topological polar surface area (TPSA) is 52.6 Å². The summed E-state index contributed by atoms with van der Waals surface area (Å²) in [6.45, 7) is 6.22. The Morgan fingerprint density at radius 2 is 1.96 bits per heavy atom. The van der Waals surface area contributed by atoms with Gasteiger partial charge in [0.05, 0.1) is 0 Å². The molecular weight excluding hydrogens is 322 g/mol. The first kappa shape index (κ1) is 20.7. The fraction of sp³-hybridized carbons (Fsp3) is 0.667. The second-order valence-corrected chi connectivity index (χ2v) is 6.61. The maximum atomic E-state index is 5.80. The first-order valence-corrected chi connectivity index (χ1v) is 9.10. The van der Waals surface area contributed by atoms with Crippen LogP contribution in [0.25, 0.3) is 0 Å². The van der Waals surface area contributed by atoms with Crippen LogP contribution in [0.4, 0.5) is 0 Å². The van der Waals surface area contributed by atoms with Crippen LogP contribution in [0.2, 0.25) is 5.15 Å². The summed E-state index contributed by atoms with van der Waals surface area (Å²) < 4.78 is 0. The van der Waals surface area contributed by atoms with Crippen molar-refractivity contribution >= 4 is 17.6 Å². The number of likely N-dealkylation sites (N-methyl/N-ethyl adjacent to an activating group) is 1. The van der Waals surface area contributed by atoms with E-state index in [1.807, 2.05) is 18.3 Å². The number of pyridine rings is 1. The molecule has 0 aliphatic heterocycles. The number of aromatic nitrogens is 1. The summed E-state index contributed by atoms with van der Waals surface area (Å²) in [5.41, 5.74) is 1.16. The van der Waals surface area contributed by atoms with Gasteiger partial charge in [0.15, 0.2) is 5.96 Å². The molecule has 0 radical (unpaired) electrons. The molecule has 1 atom stereocenters. The first-order chi connectivity index (χ1) is 11.5. The fourth-order valence-corrected chi connectivity index (χ4v) is 3.02. The number of halogens is 1. The van der Waals surface area contributed by atoms with Crippen LogP contribution in [0, 0.1) is 5.92 Å². The molecule has 24 heavy (non-hydrogen) atoms. The Hall–Kier alpha value is -1.33. The molecule has 5 nitrogen and oxygen atoms in total. The molecule has 1 heterocycles.